The number of carbonyl (C=O) groups excluding carboxylic acids is 3. The van der Waals surface area contributed by atoms with E-state index in [9.17, 15) is 23.9 Å². The van der Waals surface area contributed by atoms with Gasteiger partial charge >= 0.3 is 0 Å². The second-order valence-corrected chi connectivity index (χ2v) is 6.83. The average Bonchev–Trinajstić information content (AvgIpc) is 3.19. The van der Waals surface area contributed by atoms with Crippen LogP contribution < -0.4 is 10.8 Å². The molecule has 9 heteroatoms. The highest BCUT2D eigenvalue weighted by Gasteiger charge is 2.41. The Bertz CT molecular complexity index is 715. The molecule has 1 heterocycles. The second kappa shape index (κ2) is 10.1. The largest absolute Gasteiger partial charge is 0.382 e. The third-order valence-electron chi connectivity index (χ3n) is 4.92. The molecule has 2 rings (SSSR count). The van der Waals surface area contributed by atoms with Crippen molar-refractivity contribution in [3.05, 3.63) is 30.1 Å². The van der Waals surface area contributed by atoms with Gasteiger partial charge in [0.05, 0.1) is 11.6 Å². The molecule has 0 unspecified atom stereocenters. The highest BCUT2D eigenvalue weighted by molar-refractivity contribution is 5.98. The summed E-state index contributed by atoms with van der Waals surface area (Å²) in [6.07, 6.45) is 0.821. The lowest BCUT2D eigenvalue weighted by Gasteiger charge is -2.30. The molecule has 1 saturated heterocycles. The Morgan fingerprint density at radius 3 is 2.68 bits per heavy atom. The van der Waals surface area contributed by atoms with E-state index in [1.165, 1.54) is 28.6 Å². The number of benzene rings is 1. The fourth-order valence-corrected chi connectivity index (χ4v) is 3.38. The molecule has 0 bridgehead atoms. The van der Waals surface area contributed by atoms with Crippen molar-refractivity contribution in [3.8, 4) is 0 Å². The number of amides is 3. The van der Waals surface area contributed by atoms with Crippen LogP contribution in [-0.2, 0) is 14.4 Å². The number of hydroxylamine groups is 1. The van der Waals surface area contributed by atoms with Crippen molar-refractivity contribution in [3.63, 3.8) is 0 Å². The van der Waals surface area contributed by atoms with E-state index in [4.69, 9.17) is 5.21 Å². The highest BCUT2D eigenvalue weighted by atomic mass is 19.1. The molecule has 154 valence electrons. The minimum Gasteiger partial charge on any atom is -0.382 e. The standard InChI is InChI=1S/C19H26FN3O5/c1-2-3-7-12(16(24)18(26)22-28)19(27)23-11-6-10-15(23)17(25)21-14-9-5-4-8-13(14)20/h4-5,8-9,12,15-16,24,28H,2-3,6-7,10-11H2,1H3,(H,21,25)(H,22,26)/t12-,15+,16+/m1/s1. The van der Waals surface area contributed by atoms with Gasteiger partial charge in [0.2, 0.25) is 11.8 Å². The third kappa shape index (κ3) is 5.05. The molecule has 1 aliphatic rings. The zero-order chi connectivity index (χ0) is 20.7. The van der Waals surface area contributed by atoms with E-state index >= 15 is 0 Å². The Morgan fingerprint density at radius 2 is 2.04 bits per heavy atom. The van der Waals surface area contributed by atoms with Gasteiger partial charge in [-0.3, -0.25) is 19.6 Å². The topological polar surface area (TPSA) is 119 Å². The summed E-state index contributed by atoms with van der Waals surface area (Å²) in [6, 6.07) is 4.91. The molecule has 1 fully saturated rings. The summed E-state index contributed by atoms with van der Waals surface area (Å²) < 4.78 is 13.8. The van der Waals surface area contributed by atoms with Crippen molar-refractivity contribution in [2.24, 2.45) is 5.92 Å². The Hall–Kier alpha value is -2.52. The van der Waals surface area contributed by atoms with Gasteiger partial charge in [-0.05, 0) is 31.4 Å². The van der Waals surface area contributed by atoms with E-state index < -0.39 is 41.6 Å². The van der Waals surface area contributed by atoms with E-state index in [0.29, 0.717) is 25.8 Å². The van der Waals surface area contributed by atoms with Gasteiger partial charge < -0.3 is 15.3 Å². The number of hydrogen-bond donors (Lipinski definition) is 4. The Kier molecular flexibility index (Phi) is 7.89. The molecule has 4 N–H and O–H groups in total. The van der Waals surface area contributed by atoms with E-state index in [2.05, 4.69) is 5.32 Å². The van der Waals surface area contributed by atoms with Crippen LogP contribution in [0.2, 0.25) is 0 Å². The number of para-hydroxylation sites is 1. The average molecular weight is 395 g/mol. The molecule has 0 aromatic heterocycles. The molecule has 1 aromatic carbocycles. The first-order chi connectivity index (χ1) is 13.4. The number of rotatable bonds is 8. The van der Waals surface area contributed by atoms with Crippen LogP contribution in [0, 0.1) is 11.7 Å². The van der Waals surface area contributed by atoms with Crippen LogP contribution in [0.15, 0.2) is 24.3 Å². The molecule has 0 aliphatic carbocycles. The third-order valence-corrected chi connectivity index (χ3v) is 4.92. The predicted octanol–water partition coefficient (Wildman–Crippen LogP) is 1.43. The fraction of sp³-hybridized carbons (Fsp3) is 0.526. The van der Waals surface area contributed by atoms with Gasteiger partial charge in [-0.25, -0.2) is 9.87 Å². The highest BCUT2D eigenvalue weighted by Crippen LogP contribution is 2.25. The maximum absolute atomic E-state index is 13.8. The summed E-state index contributed by atoms with van der Waals surface area (Å²) in [6.45, 7) is 2.20. The van der Waals surface area contributed by atoms with Gasteiger partial charge in [-0.2, -0.15) is 0 Å². The monoisotopic (exact) mass is 395 g/mol. The first-order valence-electron chi connectivity index (χ1n) is 9.38. The summed E-state index contributed by atoms with van der Waals surface area (Å²) in [5.74, 6) is -3.78. The van der Waals surface area contributed by atoms with Gasteiger partial charge in [-0.15, -0.1) is 0 Å². The van der Waals surface area contributed by atoms with Crippen LogP contribution >= 0.6 is 0 Å². The van der Waals surface area contributed by atoms with Crippen LogP contribution in [0.25, 0.3) is 0 Å². The summed E-state index contributed by atoms with van der Waals surface area (Å²) >= 11 is 0. The lowest BCUT2D eigenvalue weighted by atomic mass is 9.93. The number of likely N-dealkylation sites (tertiary alicyclic amines) is 1. The van der Waals surface area contributed by atoms with Crippen LogP contribution in [0.3, 0.4) is 0 Å². The van der Waals surface area contributed by atoms with Gasteiger partial charge in [0.15, 0.2) is 0 Å². The van der Waals surface area contributed by atoms with Crippen molar-refractivity contribution >= 4 is 23.4 Å². The molecule has 8 nitrogen and oxygen atoms in total. The molecule has 28 heavy (non-hydrogen) atoms. The molecule has 0 spiro atoms. The van der Waals surface area contributed by atoms with Gasteiger partial charge in [-0.1, -0.05) is 31.9 Å². The van der Waals surface area contributed by atoms with Crippen LogP contribution in [-0.4, -0.2) is 51.6 Å². The molecule has 3 atom stereocenters. The number of aliphatic hydroxyl groups is 1. The summed E-state index contributed by atoms with van der Waals surface area (Å²) in [5, 5.41) is 21.4. The van der Waals surface area contributed by atoms with Crippen molar-refractivity contribution in [2.45, 2.75) is 51.2 Å². The first-order valence-corrected chi connectivity index (χ1v) is 9.38. The minimum atomic E-state index is -1.72. The number of nitrogens with one attached hydrogen (secondary N) is 2. The van der Waals surface area contributed by atoms with E-state index in [1.54, 1.807) is 6.07 Å². The SMILES string of the molecule is CCCC[C@@H](C(=O)N1CCC[C@H]1C(=O)Nc1ccccc1F)[C@H](O)C(=O)NO. The maximum Gasteiger partial charge on any atom is 0.272 e. The lowest BCUT2D eigenvalue weighted by Crippen LogP contribution is -2.50. The van der Waals surface area contributed by atoms with Crippen LogP contribution in [0.1, 0.15) is 39.0 Å². The van der Waals surface area contributed by atoms with E-state index in [0.717, 1.165) is 6.42 Å². The number of halogens is 1. The lowest BCUT2D eigenvalue weighted by molar-refractivity contribution is -0.152. The molecular formula is C19H26FN3O5. The van der Waals surface area contributed by atoms with Crippen LogP contribution in [0.5, 0.6) is 0 Å². The normalized spacial score (nSPS) is 18.4. The molecule has 0 saturated carbocycles. The van der Waals surface area contributed by atoms with Crippen molar-refractivity contribution in [1.29, 1.82) is 0 Å². The number of unbranched alkanes of at least 4 members (excludes halogenated alkanes) is 1. The van der Waals surface area contributed by atoms with Crippen molar-refractivity contribution in [2.75, 3.05) is 11.9 Å². The molecule has 1 aliphatic heterocycles. The van der Waals surface area contributed by atoms with Crippen molar-refractivity contribution in [1.82, 2.24) is 10.4 Å². The maximum atomic E-state index is 13.8. The Morgan fingerprint density at radius 1 is 1.32 bits per heavy atom. The van der Waals surface area contributed by atoms with E-state index in [1.807, 2.05) is 6.92 Å². The quantitative estimate of drug-likeness (QED) is 0.392. The number of anilines is 1. The van der Waals surface area contributed by atoms with Gasteiger partial charge in [0.1, 0.15) is 18.0 Å². The smallest absolute Gasteiger partial charge is 0.272 e. The summed E-state index contributed by atoms with van der Waals surface area (Å²) in [7, 11) is 0. The summed E-state index contributed by atoms with van der Waals surface area (Å²) in [4.78, 5) is 38.6. The molecular weight excluding hydrogens is 369 g/mol. The molecule has 0 radical (unpaired) electrons. The van der Waals surface area contributed by atoms with Gasteiger partial charge in [0, 0.05) is 6.54 Å². The minimum absolute atomic E-state index is 0.0222. The zero-order valence-electron chi connectivity index (χ0n) is 15.7. The summed E-state index contributed by atoms with van der Waals surface area (Å²) in [5.41, 5.74) is 1.38. The number of nitrogens with zero attached hydrogens (tertiary/aromatic N) is 1. The van der Waals surface area contributed by atoms with Crippen LogP contribution in [0.4, 0.5) is 10.1 Å². The first kappa shape index (κ1) is 21.8. The number of hydrogen-bond acceptors (Lipinski definition) is 5. The second-order valence-electron chi connectivity index (χ2n) is 6.83. The van der Waals surface area contributed by atoms with Gasteiger partial charge in [0.25, 0.3) is 5.91 Å². The zero-order valence-corrected chi connectivity index (χ0v) is 15.7. The number of aliphatic hydroxyl groups excluding tert-OH is 1. The predicted molar refractivity (Wildman–Crippen MR) is 98.7 cm³/mol. The Balaban J connectivity index is 2.15. The molecule has 3 amide bonds. The number of carbonyl (C=O) groups is 3. The van der Waals surface area contributed by atoms with E-state index in [-0.39, 0.29) is 12.1 Å². The van der Waals surface area contributed by atoms with Crippen molar-refractivity contribution < 1.29 is 29.1 Å². The fourth-order valence-electron chi connectivity index (χ4n) is 3.38. The Labute approximate surface area is 162 Å². The molecule has 1 aromatic rings.